The predicted octanol–water partition coefficient (Wildman–Crippen LogP) is 1.99. The molecule has 1 amide bonds. The number of benzene rings is 1. The molecule has 0 radical (unpaired) electrons. The first kappa shape index (κ1) is 14.2. The van der Waals surface area contributed by atoms with Crippen LogP contribution in [-0.4, -0.2) is 24.0 Å². The molecule has 0 aliphatic rings. The molecule has 0 atom stereocenters. The first-order chi connectivity index (χ1) is 10.1. The van der Waals surface area contributed by atoms with E-state index in [1.165, 1.54) is 25.4 Å². The molecule has 0 spiro atoms. The molecule has 0 saturated heterocycles. The van der Waals surface area contributed by atoms with Crippen molar-refractivity contribution in [1.82, 2.24) is 4.98 Å². The Balaban J connectivity index is 2.08. The Bertz CT molecular complexity index is 700. The van der Waals surface area contributed by atoms with Crippen LogP contribution in [0.25, 0.3) is 0 Å². The molecule has 104 valence electrons. The Morgan fingerprint density at radius 2 is 1.81 bits per heavy atom. The van der Waals surface area contributed by atoms with Gasteiger partial charge >= 0.3 is 5.97 Å². The van der Waals surface area contributed by atoms with E-state index in [2.05, 4.69) is 15.0 Å². The molecular formula is C15H11N3O3. The first-order valence-electron chi connectivity index (χ1n) is 6.00. The van der Waals surface area contributed by atoms with Gasteiger partial charge in [0.05, 0.1) is 18.2 Å². The zero-order chi connectivity index (χ0) is 15.2. The Hall–Kier alpha value is -3.20. The van der Waals surface area contributed by atoms with Crippen molar-refractivity contribution in [3.63, 3.8) is 0 Å². The second-order valence-corrected chi connectivity index (χ2v) is 4.07. The lowest BCUT2D eigenvalue weighted by atomic mass is 10.2. The third kappa shape index (κ3) is 3.42. The number of amides is 1. The maximum Gasteiger partial charge on any atom is 0.337 e. The van der Waals surface area contributed by atoms with Gasteiger partial charge in [-0.05, 0) is 36.4 Å². The van der Waals surface area contributed by atoms with Crippen molar-refractivity contribution < 1.29 is 14.3 Å². The SMILES string of the molecule is COC(=O)c1ccc(NC(=O)c2ccc(C#N)nc2)cc1. The first-order valence-corrected chi connectivity index (χ1v) is 6.00. The van der Waals surface area contributed by atoms with Crippen LogP contribution >= 0.6 is 0 Å². The third-order valence-corrected chi connectivity index (χ3v) is 2.70. The van der Waals surface area contributed by atoms with Crippen LogP contribution in [0.4, 0.5) is 5.69 Å². The molecule has 0 aliphatic carbocycles. The van der Waals surface area contributed by atoms with Gasteiger partial charge in [0.25, 0.3) is 5.91 Å². The summed E-state index contributed by atoms with van der Waals surface area (Å²) in [7, 11) is 1.30. The highest BCUT2D eigenvalue weighted by Gasteiger charge is 2.08. The minimum atomic E-state index is -0.441. The van der Waals surface area contributed by atoms with Gasteiger partial charge in [-0.2, -0.15) is 5.26 Å². The van der Waals surface area contributed by atoms with Crippen molar-refractivity contribution in [3.05, 3.63) is 59.4 Å². The van der Waals surface area contributed by atoms with Crippen molar-refractivity contribution in [2.75, 3.05) is 12.4 Å². The van der Waals surface area contributed by atoms with Crippen molar-refractivity contribution in [2.45, 2.75) is 0 Å². The lowest BCUT2D eigenvalue weighted by Gasteiger charge is -2.06. The van der Waals surface area contributed by atoms with E-state index in [1.54, 1.807) is 24.3 Å². The van der Waals surface area contributed by atoms with E-state index < -0.39 is 5.97 Å². The van der Waals surface area contributed by atoms with Gasteiger partial charge in [0.1, 0.15) is 11.8 Å². The Kier molecular flexibility index (Phi) is 4.26. The normalized spacial score (nSPS) is 9.52. The summed E-state index contributed by atoms with van der Waals surface area (Å²) >= 11 is 0. The number of carbonyl (C=O) groups is 2. The van der Waals surface area contributed by atoms with Gasteiger partial charge in [-0.1, -0.05) is 0 Å². The Morgan fingerprint density at radius 1 is 1.14 bits per heavy atom. The van der Waals surface area contributed by atoms with Gasteiger partial charge in [0.15, 0.2) is 0 Å². The lowest BCUT2D eigenvalue weighted by molar-refractivity contribution is 0.0600. The average molecular weight is 281 g/mol. The number of pyridine rings is 1. The summed E-state index contributed by atoms with van der Waals surface area (Å²) in [6.07, 6.45) is 1.33. The number of rotatable bonds is 3. The van der Waals surface area contributed by atoms with Crippen LogP contribution in [0.15, 0.2) is 42.6 Å². The van der Waals surface area contributed by atoms with E-state index in [0.29, 0.717) is 16.8 Å². The summed E-state index contributed by atoms with van der Waals surface area (Å²) in [5.74, 6) is -0.790. The van der Waals surface area contributed by atoms with Crippen LogP contribution in [0.2, 0.25) is 0 Å². The summed E-state index contributed by atoms with van der Waals surface area (Å²) in [4.78, 5) is 27.1. The van der Waals surface area contributed by atoms with Gasteiger partial charge in [-0.15, -0.1) is 0 Å². The number of nitriles is 1. The Morgan fingerprint density at radius 3 is 2.33 bits per heavy atom. The molecule has 1 N–H and O–H groups in total. The molecule has 21 heavy (non-hydrogen) atoms. The van der Waals surface area contributed by atoms with Gasteiger partial charge in [-0.3, -0.25) is 4.79 Å². The summed E-state index contributed by atoms with van der Waals surface area (Å²) in [6, 6.07) is 11.2. The van der Waals surface area contributed by atoms with Gasteiger partial charge in [-0.25, -0.2) is 9.78 Å². The fourth-order valence-corrected chi connectivity index (χ4v) is 1.61. The predicted molar refractivity (Wildman–Crippen MR) is 74.7 cm³/mol. The molecule has 0 bridgehead atoms. The molecule has 1 aromatic carbocycles. The molecule has 0 unspecified atom stereocenters. The molecule has 1 heterocycles. The van der Waals surface area contributed by atoms with Crippen LogP contribution in [0.3, 0.4) is 0 Å². The zero-order valence-electron chi connectivity index (χ0n) is 11.2. The van der Waals surface area contributed by atoms with Gasteiger partial charge < -0.3 is 10.1 Å². The van der Waals surface area contributed by atoms with E-state index in [1.807, 2.05) is 6.07 Å². The largest absolute Gasteiger partial charge is 0.465 e. The molecule has 0 fully saturated rings. The van der Waals surface area contributed by atoms with Crippen LogP contribution in [0.1, 0.15) is 26.4 Å². The number of methoxy groups -OCH3 is 1. The van der Waals surface area contributed by atoms with E-state index in [0.717, 1.165) is 0 Å². The summed E-state index contributed by atoms with van der Waals surface area (Å²) in [5, 5.41) is 11.3. The molecule has 2 aromatic rings. The van der Waals surface area contributed by atoms with Crippen molar-refractivity contribution >= 4 is 17.6 Å². The van der Waals surface area contributed by atoms with E-state index in [9.17, 15) is 9.59 Å². The maximum absolute atomic E-state index is 12.0. The second-order valence-electron chi connectivity index (χ2n) is 4.07. The number of aromatic nitrogens is 1. The minimum Gasteiger partial charge on any atom is -0.465 e. The third-order valence-electron chi connectivity index (χ3n) is 2.70. The molecule has 0 aliphatic heterocycles. The van der Waals surface area contributed by atoms with E-state index in [-0.39, 0.29) is 11.6 Å². The fraction of sp³-hybridized carbons (Fsp3) is 0.0667. The highest BCUT2D eigenvalue weighted by atomic mass is 16.5. The maximum atomic E-state index is 12.0. The number of esters is 1. The van der Waals surface area contributed by atoms with Gasteiger partial charge in [0, 0.05) is 11.9 Å². The fourth-order valence-electron chi connectivity index (χ4n) is 1.61. The topological polar surface area (TPSA) is 92.1 Å². The van der Waals surface area contributed by atoms with Crippen molar-refractivity contribution in [1.29, 1.82) is 5.26 Å². The zero-order valence-corrected chi connectivity index (χ0v) is 11.2. The molecule has 0 saturated carbocycles. The van der Waals surface area contributed by atoms with Crippen LogP contribution in [-0.2, 0) is 4.74 Å². The molecular weight excluding hydrogens is 270 g/mol. The Labute approximate surface area is 121 Å². The minimum absolute atomic E-state index is 0.244. The molecule has 6 nitrogen and oxygen atoms in total. The number of anilines is 1. The number of ether oxygens (including phenoxy) is 1. The van der Waals surface area contributed by atoms with Crippen LogP contribution in [0.5, 0.6) is 0 Å². The summed E-state index contributed by atoms with van der Waals surface area (Å²) in [6.45, 7) is 0. The van der Waals surface area contributed by atoms with Crippen molar-refractivity contribution in [2.24, 2.45) is 0 Å². The number of nitrogens with one attached hydrogen (secondary N) is 1. The molecule has 1 aromatic heterocycles. The molecule has 6 heteroatoms. The van der Waals surface area contributed by atoms with Gasteiger partial charge in [0.2, 0.25) is 0 Å². The molecule has 2 rings (SSSR count). The second kappa shape index (κ2) is 6.30. The highest BCUT2D eigenvalue weighted by Crippen LogP contribution is 2.12. The quantitative estimate of drug-likeness (QED) is 0.868. The number of hydrogen-bond acceptors (Lipinski definition) is 5. The van der Waals surface area contributed by atoms with E-state index in [4.69, 9.17) is 5.26 Å². The summed E-state index contributed by atoms with van der Waals surface area (Å²) in [5.41, 5.74) is 1.52. The lowest BCUT2D eigenvalue weighted by Crippen LogP contribution is -2.12. The van der Waals surface area contributed by atoms with Crippen molar-refractivity contribution in [3.8, 4) is 6.07 Å². The number of carbonyl (C=O) groups excluding carboxylic acids is 2. The van der Waals surface area contributed by atoms with Crippen LogP contribution in [0, 0.1) is 11.3 Å². The summed E-state index contributed by atoms with van der Waals surface area (Å²) < 4.78 is 4.59. The highest BCUT2D eigenvalue weighted by molar-refractivity contribution is 6.04. The number of nitrogens with zero attached hydrogens (tertiary/aromatic N) is 2. The number of hydrogen-bond donors (Lipinski definition) is 1. The standard InChI is InChI=1S/C15H11N3O3/c1-21-15(20)10-2-5-12(6-3-10)18-14(19)11-4-7-13(8-16)17-9-11/h2-7,9H,1H3,(H,18,19). The monoisotopic (exact) mass is 281 g/mol. The average Bonchev–Trinajstić information content (AvgIpc) is 2.55. The van der Waals surface area contributed by atoms with E-state index >= 15 is 0 Å². The van der Waals surface area contributed by atoms with Crippen LogP contribution < -0.4 is 5.32 Å². The smallest absolute Gasteiger partial charge is 0.337 e.